The van der Waals surface area contributed by atoms with E-state index in [-0.39, 0.29) is 6.10 Å². The molecule has 25 heavy (non-hydrogen) atoms. The third kappa shape index (κ3) is 4.34. The normalized spacial score (nSPS) is 14.5. The lowest BCUT2D eigenvalue weighted by molar-refractivity contribution is 0.200. The van der Waals surface area contributed by atoms with Gasteiger partial charge in [-0.05, 0) is 66.2 Å². The van der Waals surface area contributed by atoms with Crippen LogP contribution in [-0.2, 0) is 6.54 Å². The predicted molar refractivity (Wildman–Crippen MR) is 102 cm³/mol. The third-order valence-corrected chi connectivity index (χ3v) is 4.75. The second kappa shape index (κ2) is 7.91. The van der Waals surface area contributed by atoms with Crippen LogP contribution in [0.2, 0.25) is 0 Å². The van der Waals surface area contributed by atoms with E-state index in [4.69, 9.17) is 15.2 Å². The summed E-state index contributed by atoms with van der Waals surface area (Å²) in [6.07, 6.45) is 4.96. The maximum Gasteiger partial charge on any atom is 0.198 e. The Balaban J connectivity index is 1.74. The highest BCUT2D eigenvalue weighted by Crippen LogP contribution is 2.32. The van der Waals surface area contributed by atoms with E-state index in [1.165, 1.54) is 12.8 Å². The number of benzene rings is 1. The van der Waals surface area contributed by atoms with E-state index < -0.39 is 0 Å². The lowest BCUT2D eigenvalue weighted by atomic mass is 10.2. The quantitative estimate of drug-likeness (QED) is 0.703. The van der Waals surface area contributed by atoms with Crippen LogP contribution in [-0.4, -0.2) is 23.2 Å². The molecule has 0 spiro atoms. The van der Waals surface area contributed by atoms with Crippen LogP contribution in [0.4, 0.5) is 11.5 Å². The minimum Gasteiger partial charge on any atom is -0.493 e. The fourth-order valence-corrected chi connectivity index (χ4v) is 3.42. The zero-order chi connectivity index (χ0) is 17.8. The summed E-state index contributed by atoms with van der Waals surface area (Å²) in [7, 11) is 1.66. The van der Waals surface area contributed by atoms with Gasteiger partial charge in [0.1, 0.15) is 0 Å². The van der Waals surface area contributed by atoms with Gasteiger partial charge in [0.15, 0.2) is 22.1 Å². The van der Waals surface area contributed by atoms with Crippen LogP contribution in [0.5, 0.6) is 11.5 Å². The topological polar surface area (TPSA) is 82.3 Å². The molecule has 0 saturated heterocycles. The molecule has 3 rings (SSSR count). The van der Waals surface area contributed by atoms with Crippen molar-refractivity contribution >= 4 is 27.4 Å². The average molecular weight is 407 g/mol. The second-order valence-electron chi connectivity index (χ2n) is 6.20. The Kier molecular flexibility index (Phi) is 5.63. The average Bonchev–Trinajstić information content (AvgIpc) is 3.10. The first-order chi connectivity index (χ1) is 12.1. The van der Waals surface area contributed by atoms with Crippen molar-refractivity contribution in [1.82, 2.24) is 9.97 Å². The molecule has 6 nitrogen and oxygen atoms in total. The van der Waals surface area contributed by atoms with Gasteiger partial charge in [-0.1, -0.05) is 6.07 Å². The van der Waals surface area contributed by atoms with Crippen molar-refractivity contribution < 1.29 is 9.47 Å². The summed E-state index contributed by atoms with van der Waals surface area (Å²) in [5.74, 6) is 2.17. The number of ether oxygens (including phenoxy) is 2. The van der Waals surface area contributed by atoms with Crippen LogP contribution in [0, 0.1) is 6.92 Å². The first-order valence-corrected chi connectivity index (χ1v) is 9.23. The molecule has 1 fully saturated rings. The van der Waals surface area contributed by atoms with Crippen LogP contribution in [0.25, 0.3) is 0 Å². The van der Waals surface area contributed by atoms with Crippen LogP contribution < -0.4 is 20.5 Å². The van der Waals surface area contributed by atoms with Crippen LogP contribution in [0.1, 0.15) is 36.9 Å². The smallest absolute Gasteiger partial charge is 0.198 e. The molecule has 134 valence electrons. The summed E-state index contributed by atoms with van der Waals surface area (Å²) in [6.45, 7) is 2.44. The maximum atomic E-state index is 6.14. The number of hydrogen-bond donors (Lipinski definition) is 2. The van der Waals surface area contributed by atoms with Gasteiger partial charge in [-0.15, -0.1) is 0 Å². The van der Waals surface area contributed by atoms with Crippen molar-refractivity contribution in [3.05, 3.63) is 34.2 Å². The first-order valence-electron chi connectivity index (χ1n) is 8.44. The molecule has 0 atom stereocenters. The molecule has 0 bridgehead atoms. The van der Waals surface area contributed by atoms with E-state index in [0.29, 0.717) is 22.8 Å². The predicted octanol–water partition coefficient (Wildman–Crippen LogP) is 4.07. The molecule has 1 aliphatic carbocycles. The highest BCUT2D eigenvalue weighted by Gasteiger charge is 2.18. The number of methoxy groups -OCH3 is 1. The Morgan fingerprint density at radius 1 is 1.24 bits per heavy atom. The Morgan fingerprint density at radius 2 is 2.00 bits per heavy atom. The fraction of sp³-hybridized carbons (Fsp3) is 0.444. The van der Waals surface area contributed by atoms with E-state index in [2.05, 4.69) is 31.2 Å². The third-order valence-electron chi connectivity index (χ3n) is 4.39. The number of anilines is 2. The molecule has 1 aliphatic rings. The summed E-state index contributed by atoms with van der Waals surface area (Å²) in [6, 6.07) is 5.96. The largest absolute Gasteiger partial charge is 0.493 e. The van der Waals surface area contributed by atoms with Crippen LogP contribution in [0.3, 0.4) is 0 Å². The van der Waals surface area contributed by atoms with E-state index in [9.17, 15) is 0 Å². The molecule has 0 aliphatic heterocycles. The molecule has 7 heteroatoms. The molecule has 1 aromatic carbocycles. The Labute approximate surface area is 156 Å². The first kappa shape index (κ1) is 17.8. The van der Waals surface area contributed by atoms with Crippen molar-refractivity contribution in [2.24, 2.45) is 0 Å². The molecular weight excluding hydrogens is 384 g/mol. The number of nitrogen functional groups attached to an aromatic ring is 1. The van der Waals surface area contributed by atoms with Crippen molar-refractivity contribution in [3.63, 3.8) is 0 Å². The monoisotopic (exact) mass is 406 g/mol. The van der Waals surface area contributed by atoms with Gasteiger partial charge in [-0.25, -0.2) is 9.97 Å². The van der Waals surface area contributed by atoms with E-state index in [1.54, 1.807) is 7.11 Å². The standard InChI is InChI=1S/C18H23BrN4O2/c1-11-16(20)17(23-18(19)22-11)21-10-12-7-8-14(24-2)15(9-12)25-13-5-3-4-6-13/h7-9,13H,3-6,10,20H2,1-2H3,(H,21,22,23). The van der Waals surface area contributed by atoms with Gasteiger partial charge in [0.05, 0.1) is 24.6 Å². The molecule has 1 heterocycles. The molecular formula is C18H23BrN4O2. The van der Waals surface area contributed by atoms with E-state index in [1.807, 2.05) is 25.1 Å². The Hall–Kier alpha value is -2.02. The van der Waals surface area contributed by atoms with Gasteiger partial charge in [-0.3, -0.25) is 0 Å². The molecule has 0 amide bonds. The molecule has 0 unspecified atom stereocenters. The van der Waals surface area contributed by atoms with Gasteiger partial charge in [0.2, 0.25) is 0 Å². The minimum absolute atomic E-state index is 0.285. The number of nitrogens with one attached hydrogen (secondary N) is 1. The summed E-state index contributed by atoms with van der Waals surface area (Å²) >= 11 is 3.30. The number of aryl methyl sites for hydroxylation is 1. The lowest BCUT2D eigenvalue weighted by Crippen LogP contribution is -2.12. The number of nitrogens with zero attached hydrogens (tertiary/aromatic N) is 2. The highest BCUT2D eigenvalue weighted by molar-refractivity contribution is 9.10. The SMILES string of the molecule is COc1ccc(CNc2nc(Br)nc(C)c2N)cc1OC1CCCC1. The van der Waals surface area contributed by atoms with Gasteiger partial charge in [0.25, 0.3) is 0 Å². The fourth-order valence-electron chi connectivity index (χ4n) is 2.98. The Bertz CT molecular complexity index is 748. The van der Waals surface area contributed by atoms with E-state index >= 15 is 0 Å². The molecule has 3 N–H and O–H groups in total. The molecule has 2 aromatic rings. The highest BCUT2D eigenvalue weighted by atomic mass is 79.9. The van der Waals surface area contributed by atoms with Crippen molar-refractivity contribution in [1.29, 1.82) is 0 Å². The van der Waals surface area contributed by atoms with Crippen molar-refractivity contribution in [3.8, 4) is 11.5 Å². The van der Waals surface area contributed by atoms with Gasteiger partial charge >= 0.3 is 0 Å². The number of aromatic nitrogens is 2. The summed E-state index contributed by atoms with van der Waals surface area (Å²) in [5.41, 5.74) is 8.41. The summed E-state index contributed by atoms with van der Waals surface area (Å²) in [4.78, 5) is 8.49. The van der Waals surface area contributed by atoms with Gasteiger partial charge < -0.3 is 20.5 Å². The number of halogens is 1. The molecule has 0 radical (unpaired) electrons. The lowest BCUT2D eigenvalue weighted by Gasteiger charge is -2.17. The van der Waals surface area contributed by atoms with E-state index in [0.717, 1.165) is 35.6 Å². The van der Waals surface area contributed by atoms with Crippen LogP contribution in [0.15, 0.2) is 22.9 Å². The van der Waals surface area contributed by atoms with Crippen LogP contribution >= 0.6 is 15.9 Å². The zero-order valence-corrected chi connectivity index (χ0v) is 16.1. The minimum atomic E-state index is 0.285. The van der Waals surface area contributed by atoms with Gasteiger partial charge in [0, 0.05) is 6.54 Å². The van der Waals surface area contributed by atoms with Crippen molar-refractivity contribution in [2.45, 2.75) is 45.3 Å². The molecule has 1 saturated carbocycles. The summed E-state index contributed by atoms with van der Waals surface area (Å²) in [5, 5.41) is 3.27. The zero-order valence-electron chi connectivity index (χ0n) is 14.5. The second-order valence-corrected chi connectivity index (χ2v) is 6.91. The summed E-state index contributed by atoms with van der Waals surface area (Å²) < 4.78 is 12.1. The number of rotatable bonds is 6. The Morgan fingerprint density at radius 3 is 2.72 bits per heavy atom. The van der Waals surface area contributed by atoms with Crippen molar-refractivity contribution in [2.75, 3.05) is 18.2 Å². The number of nitrogens with two attached hydrogens (primary N) is 1. The molecule has 1 aromatic heterocycles. The number of hydrogen-bond acceptors (Lipinski definition) is 6. The van der Waals surface area contributed by atoms with Gasteiger partial charge in [-0.2, -0.15) is 0 Å². The maximum absolute atomic E-state index is 6.14.